The molecule has 17 heavy (non-hydrogen) atoms. The second kappa shape index (κ2) is 3.74. The van der Waals surface area contributed by atoms with Crippen molar-refractivity contribution < 1.29 is 9.59 Å². The predicted octanol–water partition coefficient (Wildman–Crippen LogP) is 2.05. The van der Waals surface area contributed by atoms with Gasteiger partial charge in [-0.05, 0) is 38.5 Å². The van der Waals surface area contributed by atoms with Crippen molar-refractivity contribution in [3.8, 4) is 0 Å². The molecule has 0 atom stereocenters. The zero-order valence-electron chi connectivity index (χ0n) is 9.87. The van der Waals surface area contributed by atoms with Gasteiger partial charge in [0, 0.05) is 5.02 Å². The summed E-state index contributed by atoms with van der Waals surface area (Å²) in [5, 5.41) is 1.79. The lowest BCUT2D eigenvalue weighted by molar-refractivity contribution is -0.133. The molecule has 90 valence electrons. The highest BCUT2D eigenvalue weighted by Crippen LogP contribution is 2.31. The van der Waals surface area contributed by atoms with Crippen LogP contribution in [0, 0.1) is 12.3 Å². The molecule has 4 nitrogen and oxygen atoms in total. The summed E-state index contributed by atoms with van der Waals surface area (Å²) in [5.41, 5.74) is 3.02. The van der Waals surface area contributed by atoms with Gasteiger partial charge in [-0.2, -0.15) is 0 Å². The molecule has 1 heterocycles. The van der Waals surface area contributed by atoms with E-state index in [1.807, 2.05) is 13.0 Å². The zero-order chi connectivity index (χ0) is 12.8. The van der Waals surface area contributed by atoms with Gasteiger partial charge in [0.1, 0.15) is 5.41 Å². The Morgan fingerprint density at radius 3 is 2.47 bits per heavy atom. The third kappa shape index (κ3) is 1.78. The summed E-state index contributed by atoms with van der Waals surface area (Å²) < 4.78 is 0. The monoisotopic (exact) mass is 252 g/mol. The molecule has 0 bridgehead atoms. The molecule has 0 saturated carbocycles. The first-order chi connectivity index (χ1) is 7.84. The van der Waals surface area contributed by atoms with Crippen LogP contribution in [0.3, 0.4) is 0 Å². The van der Waals surface area contributed by atoms with Crippen molar-refractivity contribution in [1.82, 2.24) is 5.43 Å². The van der Waals surface area contributed by atoms with E-state index in [9.17, 15) is 9.59 Å². The number of carbonyl (C=O) groups excluding carboxylic acids is 2. The molecular weight excluding hydrogens is 240 g/mol. The van der Waals surface area contributed by atoms with Crippen LogP contribution in [0.2, 0.25) is 5.02 Å². The Bertz CT molecular complexity index is 511. The molecule has 0 radical (unpaired) electrons. The maximum absolute atomic E-state index is 12.1. The van der Waals surface area contributed by atoms with Gasteiger partial charge in [0.25, 0.3) is 11.8 Å². The van der Waals surface area contributed by atoms with Crippen LogP contribution in [0.15, 0.2) is 18.2 Å². The highest BCUT2D eigenvalue weighted by Gasteiger charge is 2.47. The van der Waals surface area contributed by atoms with Gasteiger partial charge in [0.2, 0.25) is 0 Å². The van der Waals surface area contributed by atoms with Crippen LogP contribution in [0.5, 0.6) is 0 Å². The van der Waals surface area contributed by atoms with Crippen molar-refractivity contribution in [2.24, 2.45) is 5.41 Å². The number of halogens is 1. The van der Waals surface area contributed by atoms with E-state index in [-0.39, 0.29) is 11.8 Å². The summed E-state index contributed by atoms with van der Waals surface area (Å²) in [6.07, 6.45) is 0. The van der Waals surface area contributed by atoms with Gasteiger partial charge >= 0.3 is 0 Å². The van der Waals surface area contributed by atoms with Gasteiger partial charge in [-0.1, -0.05) is 17.7 Å². The molecule has 1 aromatic carbocycles. The van der Waals surface area contributed by atoms with Crippen molar-refractivity contribution >= 4 is 29.1 Å². The minimum absolute atomic E-state index is 0.270. The fourth-order valence-electron chi connectivity index (χ4n) is 1.66. The molecule has 5 heteroatoms. The second-order valence-corrected chi connectivity index (χ2v) is 5.07. The number of carbonyl (C=O) groups is 2. The molecule has 0 aliphatic carbocycles. The Labute approximate surface area is 105 Å². The van der Waals surface area contributed by atoms with E-state index in [4.69, 9.17) is 11.6 Å². The number of hydrogen-bond donors (Lipinski definition) is 1. The lowest BCUT2D eigenvalue weighted by Gasteiger charge is -2.19. The number of hydrogen-bond acceptors (Lipinski definition) is 2. The fraction of sp³-hybridized carbons (Fsp3) is 0.333. The zero-order valence-corrected chi connectivity index (χ0v) is 10.6. The van der Waals surface area contributed by atoms with E-state index >= 15 is 0 Å². The molecule has 1 aliphatic heterocycles. The lowest BCUT2D eigenvalue weighted by atomic mass is 9.93. The van der Waals surface area contributed by atoms with Crippen molar-refractivity contribution in [3.63, 3.8) is 0 Å². The normalized spacial score (nSPS) is 18.5. The number of hydrazine groups is 1. The largest absolute Gasteiger partial charge is 0.272 e. The average Bonchev–Trinajstić information content (AvgIpc) is 2.46. The van der Waals surface area contributed by atoms with E-state index in [0.717, 1.165) is 5.56 Å². The van der Waals surface area contributed by atoms with Crippen LogP contribution < -0.4 is 10.4 Å². The number of anilines is 1. The number of benzene rings is 1. The molecule has 2 rings (SSSR count). The van der Waals surface area contributed by atoms with E-state index in [2.05, 4.69) is 5.43 Å². The van der Waals surface area contributed by atoms with Gasteiger partial charge in [-0.3, -0.25) is 15.0 Å². The minimum Gasteiger partial charge on any atom is -0.272 e. The Morgan fingerprint density at radius 2 is 1.94 bits per heavy atom. The molecule has 0 aromatic heterocycles. The molecule has 0 unspecified atom stereocenters. The Hall–Kier alpha value is -1.55. The van der Waals surface area contributed by atoms with Gasteiger partial charge in [0.15, 0.2) is 0 Å². The molecule has 1 aromatic rings. The minimum atomic E-state index is -1.03. The van der Waals surface area contributed by atoms with Crippen molar-refractivity contribution in [2.45, 2.75) is 20.8 Å². The van der Waals surface area contributed by atoms with E-state index in [1.54, 1.807) is 26.0 Å². The van der Waals surface area contributed by atoms with Gasteiger partial charge in [-0.25, -0.2) is 5.01 Å². The molecule has 1 N–H and O–H groups in total. The second-order valence-electron chi connectivity index (χ2n) is 4.64. The summed E-state index contributed by atoms with van der Waals surface area (Å²) in [6.45, 7) is 5.06. The summed E-state index contributed by atoms with van der Waals surface area (Å²) in [4.78, 5) is 23.8. The highest BCUT2D eigenvalue weighted by molar-refractivity contribution is 6.31. The number of nitrogens with zero attached hydrogens (tertiary/aromatic N) is 1. The first-order valence-electron chi connectivity index (χ1n) is 5.26. The van der Waals surface area contributed by atoms with E-state index in [0.29, 0.717) is 10.7 Å². The lowest BCUT2D eigenvalue weighted by Crippen LogP contribution is -2.36. The Kier molecular flexibility index (Phi) is 2.62. The van der Waals surface area contributed by atoms with Crippen LogP contribution in [-0.2, 0) is 9.59 Å². The van der Waals surface area contributed by atoms with Crippen LogP contribution in [0.1, 0.15) is 19.4 Å². The first-order valence-corrected chi connectivity index (χ1v) is 5.63. The SMILES string of the molecule is Cc1ccc(Cl)cc1N1NC(=O)C(C)(C)C1=O. The number of nitrogens with one attached hydrogen (secondary N) is 1. The standard InChI is InChI=1S/C12H13ClN2O2/c1-7-4-5-8(13)6-9(7)15-11(17)12(2,3)10(16)14-15/h4-6H,1-3H3,(H,14,16). The topological polar surface area (TPSA) is 49.4 Å². The highest BCUT2D eigenvalue weighted by atomic mass is 35.5. The van der Waals surface area contributed by atoms with Crippen molar-refractivity contribution in [3.05, 3.63) is 28.8 Å². The maximum Gasteiger partial charge on any atom is 0.260 e. The van der Waals surface area contributed by atoms with Crippen LogP contribution >= 0.6 is 11.6 Å². The summed E-state index contributed by atoms with van der Waals surface area (Å²) in [6, 6.07) is 5.22. The molecule has 1 saturated heterocycles. The van der Waals surface area contributed by atoms with Crippen LogP contribution in [0.4, 0.5) is 5.69 Å². The number of rotatable bonds is 1. The van der Waals surface area contributed by atoms with E-state index < -0.39 is 5.41 Å². The number of amides is 2. The first kappa shape index (κ1) is 11.9. The third-order valence-corrected chi connectivity index (χ3v) is 3.17. The third-order valence-electron chi connectivity index (χ3n) is 2.93. The molecule has 2 amide bonds. The van der Waals surface area contributed by atoms with Crippen LogP contribution in [-0.4, -0.2) is 11.8 Å². The van der Waals surface area contributed by atoms with Gasteiger partial charge in [0.05, 0.1) is 5.69 Å². The van der Waals surface area contributed by atoms with Crippen molar-refractivity contribution in [2.75, 3.05) is 5.01 Å². The number of aryl methyl sites for hydroxylation is 1. The smallest absolute Gasteiger partial charge is 0.260 e. The summed E-state index contributed by atoms with van der Waals surface area (Å²) in [5.74, 6) is -0.574. The quantitative estimate of drug-likeness (QED) is 0.778. The average molecular weight is 253 g/mol. The van der Waals surface area contributed by atoms with E-state index in [1.165, 1.54) is 5.01 Å². The molecule has 0 spiro atoms. The Balaban J connectivity index is 2.46. The maximum atomic E-state index is 12.1. The van der Waals surface area contributed by atoms with Gasteiger partial charge < -0.3 is 0 Å². The predicted molar refractivity (Wildman–Crippen MR) is 65.6 cm³/mol. The van der Waals surface area contributed by atoms with Crippen molar-refractivity contribution in [1.29, 1.82) is 0 Å². The van der Waals surface area contributed by atoms with Crippen LogP contribution in [0.25, 0.3) is 0 Å². The summed E-state index contributed by atoms with van der Waals surface area (Å²) >= 11 is 5.90. The molecule has 1 fully saturated rings. The van der Waals surface area contributed by atoms with Gasteiger partial charge in [-0.15, -0.1) is 0 Å². The Morgan fingerprint density at radius 1 is 1.29 bits per heavy atom. The fourth-order valence-corrected chi connectivity index (χ4v) is 1.83. The molecular formula is C12H13ClN2O2. The molecule has 1 aliphatic rings. The summed E-state index contributed by atoms with van der Waals surface area (Å²) in [7, 11) is 0.